The van der Waals surface area contributed by atoms with E-state index in [-0.39, 0.29) is 0 Å². The zero-order valence-electron chi connectivity index (χ0n) is 8.19. The molecule has 0 saturated heterocycles. The predicted octanol–water partition coefficient (Wildman–Crippen LogP) is 2.02. The first-order valence-corrected chi connectivity index (χ1v) is 4.41. The van der Waals surface area contributed by atoms with Gasteiger partial charge in [0.2, 0.25) is 5.88 Å². The van der Waals surface area contributed by atoms with Crippen LogP contribution in [0.5, 0.6) is 5.88 Å². The summed E-state index contributed by atoms with van der Waals surface area (Å²) in [4.78, 5) is 14.9. The monoisotopic (exact) mass is 191 g/mol. The third-order valence-electron chi connectivity index (χ3n) is 1.91. The SMILES string of the molecule is C=CCCc1nc(OC)ccc1C=O. The second-order valence-corrected chi connectivity index (χ2v) is 2.83. The maximum Gasteiger partial charge on any atom is 0.213 e. The molecule has 74 valence electrons. The number of aromatic nitrogens is 1. The molecule has 0 aliphatic carbocycles. The molecular weight excluding hydrogens is 178 g/mol. The van der Waals surface area contributed by atoms with Crippen molar-refractivity contribution < 1.29 is 9.53 Å². The van der Waals surface area contributed by atoms with Crippen molar-refractivity contribution in [3.63, 3.8) is 0 Å². The molecule has 0 amide bonds. The van der Waals surface area contributed by atoms with Gasteiger partial charge in [-0.2, -0.15) is 0 Å². The number of nitrogens with zero attached hydrogens (tertiary/aromatic N) is 1. The van der Waals surface area contributed by atoms with Crippen LogP contribution in [0.25, 0.3) is 0 Å². The van der Waals surface area contributed by atoms with Gasteiger partial charge in [0.1, 0.15) is 0 Å². The van der Waals surface area contributed by atoms with Crippen LogP contribution in [-0.4, -0.2) is 18.4 Å². The minimum atomic E-state index is 0.537. The van der Waals surface area contributed by atoms with Gasteiger partial charge in [-0.3, -0.25) is 4.79 Å². The average Bonchev–Trinajstić information content (AvgIpc) is 2.25. The van der Waals surface area contributed by atoms with E-state index in [2.05, 4.69) is 11.6 Å². The number of rotatable bonds is 5. The standard InChI is InChI=1S/C11H13NO2/c1-3-4-5-10-9(8-13)6-7-11(12-10)14-2/h3,6-8H,1,4-5H2,2H3. The fourth-order valence-electron chi connectivity index (χ4n) is 1.15. The fraction of sp³-hybridized carbons (Fsp3) is 0.273. The molecule has 14 heavy (non-hydrogen) atoms. The number of hydrogen-bond acceptors (Lipinski definition) is 3. The third-order valence-corrected chi connectivity index (χ3v) is 1.91. The van der Waals surface area contributed by atoms with Crippen molar-refractivity contribution in [3.8, 4) is 5.88 Å². The first kappa shape index (κ1) is 10.4. The number of methoxy groups -OCH3 is 1. The molecule has 0 bridgehead atoms. The van der Waals surface area contributed by atoms with Gasteiger partial charge in [-0.05, 0) is 18.9 Å². The molecule has 0 spiro atoms. The molecule has 1 aromatic heterocycles. The number of aryl methyl sites for hydroxylation is 1. The minimum Gasteiger partial charge on any atom is -0.481 e. The van der Waals surface area contributed by atoms with Crippen molar-refractivity contribution >= 4 is 6.29 Å². The number of allylic oxidation sites excluding steroid dienone is 1. The number of pyridine rings is 1. The van der Waals surface area contributed by atoms with Gasteiger partial charge in [-0.25, -0.2) is 4.98 Å². The number of hydrogen-bond donors (Lipinski definition) is 0. The van der Waals surface area contributed by atoms with Crippen LogP contribution in [0.4, 0.5) is 0 Å². The molecule has 0 fully saturated rings. The summed E-state index contributed by atoms with van der Waals surface area (Å²) in [6, 6.07) is 3.40. The number of carbonyl (C=O) groups excluding carboxylic acids is 1. The van der Waals surface area contributed by atoms with E-state index in [1.165, 1.54) is 0 Å². The second kappa shape index (κ2) is 5.17. The molecule has 0 unspecified atom stereocenters. The lowest BCUT2D eigenvalue weighted by atomic mass is 10.1. The van der Waals surface area contributed by atoms with Gasteiger partial charge in [-0.15, -0.1) is 6.58 Å². The van der Waals surface area contributed by atoms with Crippen molar-refractivity contribution in [2.45, 2.75) is 12.8 Å². The molecule has 3 nitrogen and oxygen atoms in total. The van der Waals surface area contributed by atoms with E-state index in [9.17, 15) is 4.79 Å². The summed E-state index contributed by atoms with van der Waals surface area (Å²) in [5.74, 6) is 0.537. The van der Waals surface area contributed by atoms with Crippen LogP contribution in [-0.2, 0) is 6.42 Å². The Hall–Kier alpha value is -1.64. The van der Waals surface area contributed by atoms with Crippen molar-refractivity contribution in [2.24, 2.45) is 0 Å². The maximum atomic E-state index is 10.7. The van der Waals surface area contributed by atoms with Crippen LogP contribution in [0, 0.1) is 0 Å². The Bertz CT molecular complexity index is 334. The van der Waals surface area contributed by atoms with Crippen LogP contribution in [0.15, 0.2) is 24.8 Å². The Kier molecular flexibility index (Phi) is 3.85. The van der Waals surface area contributed by atoms with Crippen LogP contribution >= 0.6 is 0 Å². The summed E-state index contributed by atoms with van der Waals surface area (Å²) < 4.78 is 4.98. The molecule has 1 aromatic rings. The maximum absolute atomic E-state index is 10.7. The topological polar surface area (TPSA) is 39.2 Å². The first-order chi connectivity index (χ1) is 6.81. The van der Waals surface area contributed by atoms with Gasteiger partial charge in [0.25, 0.3) is 0 Å². The summed E-state index contributed by atoms with van der Waals surface area (Å²) in [7, 11) is 1.56. The smallest absolute Gasteiger partial charge is 0.213 e. The van der Waals surface area contributed by atoms with Gasteiger partial charge >= 0.3 is 0 Å². The molecule has 0 aliphatic heterocycles. The van der Waals surface area contributed by atoms with E-state index in [0.717, 1.165) is 24.8 Å². The Labute approximate surface area is 83.4 Å². The number of aldehydes is 1. The molecule has 0 radical (unpaired) electrons. The predicted molar refractivity (Wildman–Crippen MR) is 54.7 cm³/mol. The normalized spacial score (nSPS) is 9.50. The first-order valence-electron chi connectivity index (χ1n) is 4.41. The summed E-state index contributed by atoms with van der Waals surface area (Å²) >= 11 is 0. The fourth-order valence-corrected chi connectivity index (χ4v) is 1.15. The lowest BCUT2D eigenvalue weighted by Gasteiger charge is -2.04. The van der Waals surface area contributed by atoms with E-state index in [4.69, 9.17) is 4.74 Å². The highest BCUT2D eigenvalue weighted by atomic mass is 16.5. The lowest BCUT2D eigenvalue weighted by molar-refractivity contribution is 0.112. The Morgan fingerprint density at radius 1 is 1.57 bits per heavy atom. The number of ether oxygens (including phenoxy) is 1. The van der Waals surface area contributed by atoms with Crippen molar-refractivity contribution in [1.29, 1.82) is 0 Å². The van der Waals surface area contributed by atoms with Gasteiger partial charge in [0.15, 0.2) is 6.29 Å². The summed E-state index contributed by atoms with van der Waals surface area (Å²) in [5.41, 5.74) is 1.38. The Morgan fingerprint density at radius 3 is 2.93 bits per heavy atom. The van der Waals surface area contributed by atoms with E-state index < -0.39 is 0 Å². The molecule has 0 aromatic carbocycles. The van der Waals surface area contributed by atoms with Gasteiger partial charge < -0.3 is 4.74 Å². The van der Waals surface area contributed by atoms with E-state index in [1.54, 1.807) is 25.3 Å². The van der Waals surface area contributed by atoms with E-state index in [0.29, 0.717) is 11.4 Å². The second-order valence-electron chi connectivity index (χ2n) is 2.83. The zero-order valence-corrected chi connectivity index (χ0v) is 8.19. The van der Waals surface area contributed by atoms with Crippen molar-refractivity contribution in [3.05, 3.63) is 36.0 Å². The highest BCUT2D eigenvalue weighted by molar-refractivity contribution is 5.76. The average molecular weight is 191 g/mol. The molecule has 1 heterocycles. The van der Waals surface area contributed by atoms with Gasteiger partial charge in [0.05, 0.1) is 12.8 Å². The van der Waals surface area contributed by atoms with E-state index >= 15 is 0 Å². The highest BCUT2D eigenvalue weighted by Crippen LogP contribution is 2.13. The molecular formula is C11H13NO2. The van der Waals surface area contributed by atoms with Crippen LogP contribution < -0.4 is 4.74 Å². The van der Waals surface area contributed by atoms with Crippen molar-refractivity contribution in [2.75, 3.05) is 7.11 Å². The zero-order chi connectivity index (χ0) is 10.4. The minimum absolute atomic E-state index is 0.537. The number of carbonyl (C=O) groups is 1. The molecule has 0 aliphatic rings. The van der Waals surface area contributed by atoms with E-state index in [1.807, 2.05) is 0 Å². The van der Waals surface area contributed by atoms with Crippen molar-refractivity contribution in [1.82, 2.24) is 4.98 Å². The quantitative estimate of drug-likeness (QED) is 0.528. The lowest BCUT2D eigenvalue weighted by Crippen LogP contribution is -1.98. The Balaban J connectivity index is 2.95. The largest absolute Gasteiger partial charge is 0.481 e. The third kappa shape index (κ3) is 2.42. The van der Waals surface area contributed by atoms with Gasteiger partial charge in [0, 0.05) is 11.6 Å². The molecule has 1 rings (SSSR count). The Morgan fingerprint density at radius 2 is 2.36 bits per heavy atom. The summed E-state index contributed by atoms with van der Waals surface area (Å²) in [6.45, 7) is 3.63. The molecule has 3 heteroatoms. The summed E-state index contributed by atoms with van der Waals surface area (Å²) in [6.07, 6.45) is 4.14. The van der Waals surface area contributed by atoms with Crippen LogP contribution in [0.2, 0.25) is 0 Å². The van der Waals surface area contributed by atoms with Gasteiger partial charge in [-0.1, -0.05) is 6.08 Å². The van der Waals surface area contributed by atoms with Crippen LogP contribution in [0.1, 0.15) is 22.5 Å². The van der Waals surface area contributed by atoms with Crippen LogP contribution in [0.3, 0.4) is 0 Å². The molecule has 0 N–H and O–H groups in total. The molecule has 0 atom stereocenters. The highest BCUT2D eigenvalue weighted by Gasteiger charge is 2.04. The summed E-state index contributed by atoms with van der Waals surface area (Å²) in [5, 5.41) is 0. The molecule has 0 saturated carbocycles.